The van der Waals surface area contributed by atoms with Crippen LogP contribution >= 0.6 is 11.6 Å². The van der Waals surface area contributed by atoms with E-state index >= 15 is 0 Å². The normalized spacial score (nSPS) is 25.4. The molecule has 0 aromatic heterocycles. The number of ether oxygens (including phenoxy) is 1. The van der Waals surface area contributed by atoms with E-state index in [9.17, 15) is 13.7 Å². The van der Waals surface area contributed by atoms with Crippen LogP contribution in [0.1, 0.15) is 17.0 Å². The molecule has 0 N–H and O–H groups in total. The third-order valence-corrected chi connectivity index (χ3v) is 7.30. The van der Waals surface area contributed by atoms with E-state index in [1.165, 1.54) is 7.11 Å². The average molecular weight is 376 g/mol. The summed E-state index contributed by atoms with van der Waals surface area (Å²) in [4.78, 5) is 0.232. The van der Waals surface area contributed by atoms with Crippen LogP contribution in [0, 0.1) is 23.7 Å². The molecule has 0 bridgehead atoms. The van der Waals surface area contributed by atoms with Gasteiger partial charge in [0.15, 0.2) is 9.84 Å². The van der Waals surface area contributed by atoms with Gasteiger partial charge in [-0.05, 0) is 36.8 Å². The minimum Gasteiger partial charge on any atom is -0.383 e. The van der Waals surface area contributed by atoms with E-state index in [2.05, 4.69) is 6.07 Å². The number of nitrogens with zero attached hydrogens (tertiary/aromatic N) is 1. The number of rotatable bonds is 5. The lowest BCUT2D eigenvalue weighted by Gasteiger charge is -2.08. The quantitative estimate of drug-likeness (QED) is 0.798. The summed E-state index contributed by atoms with van der Waals surface area (Å²) in [6.07, 6.45) is 0. The fourth-order valence-corrected chi connectivity index (χ4v) is 5.89. The van der Waals surface area contributed by atoms with Crippen LogP contribution in [-0.4, -0.2) is 27.4 Å². The lowest BCUT2D eigenvalue weighted by molar-refractivity contribution is 0.162. The zero-order valence-electron chi connectivity index (χ0n) is 13.9. The first kappa shape index (κ1) is 17.9. The highest BCUT2D eigenvalue weighted by Crippen LogP contribution is 2.63. The molecule has 4 nitrogen and oxygen atoms in total. The van der Waals surface area contributed by atoms with Crippen molar-refractivity contribution in [1.29, 1.82) is 5.26 Å². The summed E-state index contributed by atoms with van der Waals surface area (Å²) in [6.45, 7) is 1.96. The molecule has 1 aliphatic carbocycles. The Morgan fingerprint density at radius 1 is 1.16 bits per heavy atom. The van der Waals surface area contributed by atoms with Crippen molar-refractivity contribution in [1.82, 2.24) is 0 Å². The van der Waals surface area contributed by atoms with Crippen molar-refractivity contribution in [2.24, 2.45) is 5.41 Å². The van der Waals surface area contributed by atoms with Gasteiger partial charge in [0.1, 0.15) is 5.41 Å². The number of benzene rings is 2. The Balaban J connectivity index is 2.07. The molecule has 2 aromatic rings. The van der Waals surface area contributed by atoms with E-state index in [1.54, 1.807) is 48.5 Å². The molecule has 1 fully saturated rings. The summed E-state index contributed by atoms with van der Waals surface area (Å²) in [7, 11) is -2.19. The summed E-state index contributed by atoms with van der Waals surface area (Å²) in [5.74, 6) is -0.444. The molecular formula is C19H18ClNO3S. The van der Waals surface area contributed by atoms with Crippen molar-refractivity contribution in [3.8, 4) is 6.07 Å². The average Bonchev–Trinajstić information content (AvgIpc) is 3.26. The van der Waals surface area contributed by atoms with Crippen LogP contribution < -0.4 is 0 Å². The maximum Gasteiger partial charge on any atom is 0.183 e. The second kappa shape index (κ2) is 6.45. The smallest absolute Gasteiger partial charge is 0.183 e. The molecule has 0 radical (unpaired) electrons. The van der Waals surface area contributed by atoms with Crippen LogP contribution in [0.2, 0.25) is 5.02 Å². The minimum atomic E-state index is -3.67. The SMILES string of the molecule is COC[C@@]1(C#N)[C@@H](c2ccc(Cl)cc2)[C@@H]1S(=O)(=O)c1ccc(C)cc1. The third kappa shape index (κ3) is 2.95. The van der Waals surface area contributed by atoms with Crippen LogP contribution in [0.5, 0.6) is 0 Å². The van der Waals surface area contributed by atoms with Gasteiger partial charge in [0, 0.05) is 18.1 Å². The third-order valence-electron chi connectivity index (χ3n) is 4.76. The predicted molar refractivity (Wildman–Crippen MR) is 96.3 cm³/mol. The summed E-state index contributed by atoms with van der Waals surface area (Å²) in [5.41, 5.74) is 0.669. The molecule has 0 unspecified atom stereocenters. The van der Waals surface area contributed by atoms with Crippen molar-refractivity contribution >= 4 is 21.4 Å². The zero-order valence-corrected chi connectivity index (χ0v) is 15.5. The van der Waals surface area contributed by atoms with Crippen LogP contribution in [0.15, 0.2) is 53.4 Å². The van der Waals surface area contributed by atoms with Gasteiger partial charge in [-0.1, -0.05) is 41.4 Å². The topological polar surface area (TPSA) is 67.2 Å². The van der Waals surface area contributed by atoms with E-state index in [0.29, 0.717) is 5.02 Å². The molecule has 3 atom stereocenters. The van der Waals surface area contributed by atoms with Crippen LogP contribution in [-0.2, 0) is 14.6 Å². The largest absolute Gasteiger partial charge is 0.383 e. The summed E-state index contributed by atoms with van der Waals surface area (Å²) in [5, 5.41) is 9.51. The number of sulfone groups is 1. The van der Waals surface area contributed by atoms with Gasteiger partial charge < -0.3 is 4.74 Å². The van der Waals surface area contributed by atoms with Gasteiger partial charge in [-0.3, -0.25) is 0 Å². The first-order chi connectivity index (χ1) is 11.9. The first-order valence-electron chi connectivity index (χ1n) is 7.83. The maximum atomic E-state index is 13.2. The molecule has 1 aliphatic rings. The Kier molecular flexibility index (Phi) is 4.63. The van der Waals surface area contributed by atoms with Gasteiger partial charge in [-0.25, -0.2) is 8.42 Å². The fraction of sp³-hybridized carbons (Fsp3) is 0.316. The van der Waals surface area contributed by atoms with E-state index in [0.717, 1.165) is 11.1 Å². The van der Waals surface area contributed by atoms with Gasteiger partial charge >= 0.3 is 0 Å². The molecule has 130 valence electrons. The standard InChI is InChI=1S/C19H18ClNO3S/c1-13-3-9-16(10-4-13)25(22,23)18-17(19(18,11-21)12-24-2)14-5-7-15(20)8-6-14/h3-10,17-18H,12H2,1-2H3/t17-,18-,19-/m0/s1. The van der Waals surface area contributed by atoms with Gasteiger partial charge in [-0.15, -0.1) is 0 Å². The van der Waals surface area contributed by atoms with Crippen LogP contribution in [0.3, 0.4) is 0 Å². The first-order valence-corrected chi connectivity index (χ1v) is 9.75. The Hall–Kier alpha value is -1.87. The molecule has 3 rings (SSSR count). The summed E-state index contributed by atoms with van der Waals surface area (Å²) in [6, 6.07) is 15.9. The van der Waals surface area contributed by atoms with Gasteiger partial charge in [0.25, 0.3) is 0 Å². The van der Waals surface area contributed by atoms with Crippen molar-refractivity contribution in [3.63, 3.8) is 0 Å². The maximum absolute atomic E-state index is 13.2. The number of aryl methyl sites for hydroxylation is 1. The monoisotopic (exact) mass is 375 g/mol. The lowest BCUT2D eigenvalue weighted by Crippen LogP contribution is -2.19. The van der Waals surface area contributed by atoms with E-state index in [-0.39, 0.29) is 11.5 Å². The van der Waals surface area contributed by atoms with E-state index in [4.69, 9.17) is 16.3 Å². The van der Waals surface area contributed by atoms with Crippen LogP contribution in [0.4, 0.5) is 0 Å². The molecule has 0 heterocycles. The van der Waals surface area contributed by atoms with E-state index < -0.39 is 26.4 Å². The number of halogens is 1. The molecule has 0 amide bonds. The van der Waals surface area contributed by atoms with Gasteiger partial charge in [-0.2, -0.15) is 5.26 Å². The molecule has 0 spiro atoms. The predicted octanol–water partition coefficient (Wildman–Crippen LogP) is 3.74. The number of nitriles is 1. The fourth-order valence-electron chi connectivity index (χ4n) is 3.45. The van der Waals surface area contributed by atoms with Crippen LogP contribution in [0.25, 0.3) is 0 Å². The van der Waals surface area contributed by atoms with Crippen molar-refractivity contribution in [2.75, 3.05) is 13.7 Å². The molecule has 2 aromatic carbocycles. The number of hydrogen-bond donors (Lipinski definition) is 0. The number of hydrogen-bond acceptors (Lipinski definition) is 4. The molecule has 25 heavy (non-hydrogen) atoms. The van der Waals surface area contributed by atoms with E-state index in [1.807, 2.05) is 6.92 Å². The Bertz CT molecular complexity index is 917. The van der Waals surface area contributed by atoms with Gasteiger partial charge in [0.2, 0.25) is 0 Å². The molecule has 1 saturated carbocycles. The summed E-state index contributed by atoms with van der Waals surface area (Å²) < 4.78 is 31.5. The Labute approximate surface area is 152 Å². The lowest BCUT2D eigenvalue weighted by atomic mass is 10.0. The Morgan fingerprint density at radius 2 is 1.76 bits per heavy atom. The van der Waals surface area contributed by atoms with Crippen molar-refractivity contribution in [3.05, 3.63) is 64.7 Å². The molecule has 0 aliphatic heterocycles. The minimum absolute atomic E-state index is 0.0621. The highest BCUT2D eigenvalue weighted by atomic mass is 35.5. The van der Waals surface area contributed by atoms with Gasteiger partial charge in [0.05, 0.1) is 22.8 Å². The highest BCUT2D eigenvalue weighted by molar-refractivity contribution is 7.92. The second-order valence-electron chi connectivity index (χ2n) is 6.39. The molecular weight excluding hydrogens is 358 g/mol. The van der Waals surface area contributed by atoms with Crippen molar-refractivity contribution < 1.29 is 13.2 Å². The summed E-state index contributed by atoms with van der Waals surface area (Å²) >= 11 is 5.93. The molecule has 0 saturated heterocycles. The zero-order chi connectivity index (χ0) is 18.2. The Morgan fingerprint density at radius 3 is 2.28 bits per heavy atom. The number of methoxy groups -OCH3 is 1. The second-order valence-corrected chi connectivity index (χ2v) is 8.90. The van der Waals surface area contributed by atoms with Crippen molar-refractivity contribution in [2.45, 2.75) is 23.0 Å². The highest BCUT2D eigenvalue weighted by Gasteiger charge is 2.72. The molecule has 6 heteroatoms.